The molecule has 0 aliphatic heterocycles. The molecule has 0 saturated carbocycles. The van der Waals surface area contributed by atoms with E-state index in [9.17, 15) is 27.2 Å². The number of anilines is 1. The maximum atomic E-state index is 14.9. The van der Waals surface area contributed by atoms with Crippen LogP contribution in [0.25, 0.3) is 11.4 Å². The Morgan fingerprint density at radius 2 is 1.66 bits per heavy atom. The predicted octanol–water partition coefficient (Wildman–Crippen LogP) is 4.36. The van der Waals surface area contributed by atoms with Crippen LogP contribution in [0.3, 0.4) is 0 Å². The zero-order valence-corrected chi connectivity index (χ0v) is 19.3. The molecular formula is C26H18F4N6O2. The summed E-state index contributed by atoms with van der Waals surface area (Å²) in [6, 6.07) is 10.8. The molecule has 1 aliphatic rings. The van der Waals surface area contributed by atoms with E-state index in [1.807, 2.05) is 0 Å². The van der Waals surface area contributed by atoms with Gasteiger partial charge in [-0.25, -0.2) is 14.4 Å². The molecule has 4 rings (SSSR count). The van der Waals surface area contributed by atoms with Crippen LogP contribution in [0.5, 0.6) is 0 Å². The first-order chi connectivity index (χ1) is 18.0. The van der Waals surface area contributed by atoms with Crippen LogP contribution < -0.4 is 16.4 Å². The molecule has 8 nitrogen and oxygen atoms in total. The molecule has 0 spiro atoms. The minimum atomic E-state index is -4.95. The summed E-state index contributed by atoms with van der Waals surface area (Å²) >= 11 is 0. The summed E-state index contributed by atoms with van der Waals surface area (Å²) in [5, 5.41) is 13.6. The van der Waals surface area contributed by atoms with Gasteiger partial charge in [-0.15, -0.1) is 0 Å². The van der Waals surface area contributed by atoms with Gasteiger partial charge in [-0.1, -0.05) is 18.2 Å². The molecule has 1 aromatic heterocycles. The van der Waals surface area contributed by atoms with Crippen molar-refractivity contribution < 1.29 is 27.2 Å². The predicted molar refractivity (Wildman–Crippen MR) is 131 cm³/mol. The number of allylic oxidation sites excluding steroid dienone is 3. The fourth-order valence-corrected chi connectivity index (χ4v) is 3.53. The monoisotopic (exact) mass is 522 g/mol. The van der Waals surface area contributed by atoms with Gasteiger partial charge in [0.15, 0.2) is 5.82 Å². The van der Waals surface area contributed by atoms with Crippen molar-refractivity contribution in [2.75, 3.05) is 5.32 Å². The van der Waals surface area contributed by atoms with Crippen molar-refractivity contribution in [3.63, 3.8) is 0 Å². The third-order valence-electron chi connectivity index (χ3n) is 5.32. The third kappa shape index (κ3) is 5.64. The maximum Gasteiger partial charge on any atom is 0.417 e. The van der Waals surface area contributed by atoms with Crippen LogP contribution in [-0.2, 0) is 11.0 Å². The van der Waals surface area contributed by atoms with Gasteiger partial charge in [-0.05, 0) is 48.6 Å². The van der Waals surface area contributed by atoms with Gasteiger partial charge in [0, 0.05) is 34.8 Å². The van der Waals surface area contributed by atoms with Crippen LogP contribution in [-0.4, -0.2) is 27.5 Å². The quantitative estimate of drug-likeness (QED) is 0.357. The van der Waals surface area contributed by atoms with Crippen LogP contribution >= 0.6 is 0 Å². The number of nitrogens with two attached hydrogens (primary N) is 1. The second kappa shape index (κ2) is 10.5. The first kappa shape index (κ1) is 25.9. The van der Waals surface area contributed by atoms with E-state index in [-0.39, 0.29) is 34.6 Å². The second-order valence-corrected chi connectivity index (χ2v) is 7.89. The SMILES string of the molecule is N=C1C=C(C(N)=O)C=C/C1=C(\NC(=O)c1cc(-c2ncccn2)c(C(F)(F)F)cc1F)Nc1ccccc1. The summed E-state index contributed by atoms with van der Waals surface area (Å²) in [4.78, 5) is 32.3. The van der Waals surface area contributed by atoms with Gasteiger partial charge >= 0.3 is 6.18 Å². The van der Waals surface area contributed by atoms with Crippen molar-refractivity contribution in [2.45, 2.75) is 6.18 Å². The molecule has 1 aliphatic carbocycles. The molecule has 0 radical (unpaired) electrons. The number of rotatable bonds is 6. The lowest BCUT2D eigenvalue weighted by Gasteiger charge is -2.19. The summed E-state index contributed by atoms with van der Waals surface area (Å²) in [6.45, 7) is 0. The van der Waals surface area contributed by atoms with E-state index in [2.05, 4.69) is 20.6 Å². The van der Waals surface area contributed by atoms with Crippen molar-refractivity contribution in [3.05, 3.63) is 113 Å². The molecule has 2 amide bonds. The van der Waals surface area contributed by atoms with Gasteiger partial charge in [0.25, 0.3) is 5.91 Å². The van der Waals surface area contributed by atoms with E-state index < -0.39 is 40.5 Å². The number of halogens is 4. The van der Waals surface area contributed by atoms with Crippen LogP contribution in [0.15, 0.2) is 96.1 Å². The summed E-state index contributed by atoms with van der Waals surface area (Å²) in [7, 11) is 0. The van der Waals surface area contributed by atoms with Gasteiger partial charge in [0.05, 0.1) is 16.8 Å². The molecule has 5 N–H and O–H groups in total. The number of hydrogen-bond acceptors (Lipinski definition) is 6. The van der Waals surface area contributed by atoms with Crippen molar-refractivity contribution in [2.24, 2.45) is 5.73 Å². The summed E-state index contributed by atoms with van der Waals surface area (Å²) < 4.78 is 55.9. The van der Waals surface area contributed by atoms with Crippen molar-refractivity contribution >= 4 is 23.2 Å². The molecule has 38 heavy (non-hydrogen) atoms. The van der Waals surface area contributed by atoms with Crippen LogP contribution in [0.1, 0.15) is 15.9 Å². The van der Waals surface area contributed by atoms with E-state index in [0.717, 1.165) is 6.07 Å². The molecule has 0 bridgehead atoms. The Bertz CT molecular complexity index is 1510. The van der Waals surface area contributed by atoms with Gasteiger partial charge < -0.3 is 21.8 Å². The van der Waals surface area contributed by atoms with E-state index >= 15 is 0 Å². The molecule has 0 fully saturated rings. The average Bonchev–Trinajstić information content (AvgIpc) is 2.88. The van der Waals surface area contributed by atoms with E-state index in [1.54, 1.807) is 30.3 Å². The van der Waals surface area contributed by atoms with Crippen molar-refractivity contribution in [1.29, 1.82) is 5.41 Å². The Morgan fingerprint density at radius 3 is 2.26 bits per heavy atom. The highest BCUT2D eigenvalue weighted by atomic mass is 19.4. The van der Waals surface area contributed by atoms with Gasteiger partial charge in [0.2, 0.25) is 5.91 Å². The molecule has 2 aromatic carbocycles. The highest BCUT2D eigenvalue weighted by molar-refractivity contribution is 6.16. The minimum absolute atomic E-state index is 0.0467. The first-order valence-corrected chi connectivity index (χ1v) is 10.9. The zero-order chi connectivity index (χ0) is 27.4. The van der Waals surface area contributed by atoms with Gasteiger partial charge in [-0.3, -0.25) is 9.59 Å². The van der Waals surface area contributed by atoms with E-state index in [4.69, 9.17) is 11.1 Å². The fraction of sp³-hybridized carbons (Fsp3) is 0.0385. The van der Waals surface area contributed by atoms with Crippen LogP contribution in [0, 0.1) is 11.2 Å². The molecule has 12 heteroatoms. The number of nitrogens with zero attached hydrogens (tertiary/aromatic N) is 2. The topological polar surface area (TPSA) is 134 Å². The maximum absolute atomic E-state index is 14.9. The average molecular weight is 522 g/mol. The number of carbonyl (C=O) groups excluding carboxylic acids is 2. The zero-order valence-electron chi connectivity index (χ0n) is 19.3. The Kier molecular flexibility index (Phi) is 7.15. The lowest BCUT2D eigenvalue weighted by atomic mass is 9.99. The Hall–Kier alpha value is -5.13. The number of benzene rings is 2. The number of carbonyl (C=O) groups is 2. The number of amides is 2. The number of para-hydroxylation sites is 1. The normalized spacial score (nSPS) is 14.5. The lowest BCUT2D eigenvalue weighted by molar-refractivity contribution is -0.137. The number of alkyl halides is 3. The number of nitrogens with one attached hydrogen (secondary N) is 3. The summed E-state index contributed by atoms with van der Waals surface area (Å²) in [5.41, 5.74) is 3.04. The number of hydrogen-bond donors (Lipinski definition) is 4. The molecular weight excluding hydrogens is 504 g/mol. The summed E-state index contributed by atoms with van der Waals surface area (Å²) in [5.74, 6) is -3.74. The standard InChI is InChI=1S/C26H18F4N6O2/c27-20-13-19(26(28,29)30)17(23-33-9-4-10-34-23)12-18(20)25(38)36-24(35-15-5-2-1-3-6-15)16-8-7-14(22(32)37)11-21(16)31/h1-13,31,35H,(H2,32,37)(H,36,38)/b24-16+,31-21?. The van der Waals surface area contributed by atoms with Crippen LogP contribution in [0.2, 0.25) is 0 Å². The second-order valence-electron chi connectivity index (χ2n) is 7.89. The number of aromatic nitrogens is 2. The molecule has 3 aromatic rings. The van der Waals surface area contributed by atoms with Crippen LogP contribution in [0.4, 0.5) is 23.2 Å². The lowest BCUT2D eigenvalue weighted by Crippen LogP contribution is -2.31. The van der Waals surface area contributed by atoms with Gasteiger partial charge in [-0.2, -0.15) is 13.2 Å². The molecule has 0 unspecified atom stereocenters. The Labute approximate surface area is 213 Å². The number of primary amides is 1. The van der Waals surface area contributed by atoms with E-state index in [0.29, 0.717) is 5.69 Å². The molecule has 192 valence electrons. The largest absolute Gasteiger partial charge is 0.417 e. The highest BCUT2D eigenvalue weighted by Gasteiger charge is 2.36. The molecule has 0 atom stereocenters. The third-order valence-corrected chi connectivity index (χ3v) is 5.32. The van der Waals surface area contributed by atoms with Crippen molar-refractivity contribution in [1.82, 2.24) is 15.3 Å². The first-order valence-electron chi connectivity index (χ1n) is 10.9. The Morgan fingerprint density at radius 1 is 0.974 bits per heavy atom. The van der Waals surface area contributed by atoms with Gasteiger partial charge in [0.1, 0.15) is 11.6 Å². The Balaban J connectivity index is 1.78. The minimum Gasteiger partial charge on any atom is -0.366 e. The summed E-state index contributed by atoms with van der Waals surface area (Å²) in [6.07, 6.45) is 1.34. The smallest absolute Gasteiger partial charge is 0.366 e. The highest BCUT2D eigenvalue weighted by Crippen LogP contribution is 2.37. The van der Waals surface area contributed by atoms with Crippen molar-refractivity contribution in [3.8, 4) is 11.4 Å². The molecule has 0 saturated heterocycles. The molecule has 1 heterocycles. The fourth-order valence-electron chi connectivity index (χ4n) is 3.53. The van der Waals surface area contributed by atoms with E-state index in [1.165, 1.54) is 36.7 Å².